The van der Waals surface area contributed by atoms with Crippen LogP contribution >= 0.6 is 0 Å². The van der Waals surface area contributed by atoms with E-state index in [0.29, 0.717) is 17.3 Å². The maximum atomic E-state index is 11.7. The molecule has 3 rings (SSSR count). The monoisotopic (exact) mass is 378 g/mol. The van der Waals surface area contributed by atoms with E-state index in [1.807, 2.05) is 44.2 Å². The van der Waals surface area contributed by atoms with E-state index in [1.54, 1.807) is 30.5 Å². The number of aromatic nitrogens is 2. The molecule has 28 heavy (non-hydrogen) atoms. The number of methoxy groups -OCH3 is 1. The zero-order chi connectivity index (χ0) is 19.9. The molecule has 0 fully saturated rings. The molecule has 0 saturated heterocycles. The van der Waals surface area contributed by atoms with E-state index in [-0.39, 0.29) is 6.10 Å². The Morgan fingerprint density at radius 2 is 1.86 bits per heavy atom. The van der Waals surface area contributed by atoms with E-state index in [1.165, 1.54) is 7.11 Å². The number of anilines is 4. The number of hydrogen-bond donors (Lipinski definition) is 2. The third kappa shape index (κ3) is 4.97. The van der Waals surface area contributed by atoms with Crippen LogP contribution in [0.15, 0.2) is 60.8 Å². The van der Waals surface area contributed by atoms with Gasteiger partial charge in [-0.2, -0.15) is 4.98 Å². The van der Waals surface area contributed by atoms with Gasteiger partial charge in [0.2, 0.25) is 5.95 Å². The Bertz CT molecular complexity index is 960. The Morgan fingerprint density at radius 1 is 1.04 bits per heavy atom. The molecule has 1 aromatic heterocycles. The quantitative estimate of drug-likeness (QED) is 0.584. The van der Waals surface area contributed by atoms with E-state index >= 15 is 0 Å². The van der Waals surface area contributed by atoms with Gasteiger partial charge in [0.1, 0.15) is 11.6 Å². The van der Waals surface area contributed by atoms with Crippen LogP contribution in [-0.4, -0.2) is 29.2 Å². The summed E-state index contributed by atoms with van der Waals surface area (Å²) in [5.74, 6) is 1.34. The number of nitrogens with zero attached hydrogens (tertiary/aromatic N) is 2. The van der Waals surface area contributed by atoms with Crippen molar-refractivity contribution in [1.82, 2.24) is 9.97 Å². The molecule has 0 aliphatic rings. The summed E-state index contributed by atoms with van der Waals surface area (Å²) in [6.45, 7) is 3.94. The van der Waals surface area contributed by atoms with Crippen molar-refractivity contribution >= 4 is 29.1 Å². The van der Waals surface area contributed by atoms with Gasteiger partial charge >= 0.3 is 5.97 Å². The topological polar surface area (TPSA) is 85.4 Å². The predicted molar refractivity (Wildman–Crippen MR) is 109 cm³/mol. The van der Waals surface area contributed by atoms with Gasteiger partial charge in [-0.25, -0.2) is 9.78 Å². The van der Waals surface area contributed by atoms with Gasteiger partial charge in [0.15, 0.2) is 0 Å². The number of nitrogens with one attached hydrogen (secondary N) is 2. The van der Waals surface area contributed by atoms with Crippen molar-refractivity contribution in [2.45, 2.75) is 20.0 Å². The summed E-state index contributed by atoms with van der Waals surface area (Å²) in [5.41, 5.74) is 1.96. The van der Waals surface area contributed by atoms with Crippen LogP contribution in [0.4, 0.5) is 23.1 Å². The van der Waals surface area contributed by atoms with Crippen molar-refractivity contribution in [3.8, 4) is 5.75 Å². The summed E-state index contributed by atoms with van der Waals surface area (Å²) >= 11 is 0. The average Bonchev–Trinajstić information content (AvgIpc) is 2.69. The molecule has 3 aromatic rings. The lowest BCUT2D eigenvalue weighted by molar-refractivity contribution is 0.0601. The van der Waals surface area contributed by atoms with Gasteiger partial charge in [-0.15, -0.1) is 0 Å². The fourth-order valence-corrected chi connectivity index (χ4v) is 2.53. The first-order chi connectivity index (χ1) is 13.5. The Kier molecular flexibility index (Phi) is 6.06. The van der Waals surface area contributed by atoms with Gasteiger partial charge in [0, 0.05) is 11.9 Å². The van der Waals surface area contributed by atoms with Crippen LogP contribution in [0.3, 0.4) is 0 Å². The van der Waals surface area contributed by atoms with Gasteiger partial charge in [0.05, 0.1) is 24.5 Å². The molecule has 0 unspecified atom stereocenters. The van der Waals surface area contributed by atoms with Gasteiger partial charge < -0.3 is 20.1 Å². The third-order valence-electron chi connectivity index (χ3n) is 3.71. The molecule has 0 bridgehead atoms. The van der Waals surface area contributed by atoms with E-state index in [0.717, 1.165) is 17.1 Å². The van der Waals surface area contributed by atoms with Crippen molar-refractivity contribution in [2.24, 2.45) is 0 Å². The average molecular weight is 378 g/mol. The van der Waals surface area contributed by atoms with E-state index in [9.17, 15) is 4.79 Å². The molecule has 1 heterocycles. The standard InChI is InChI=1S/C21H22N4O3/c1-14(2)28-18-10-5-4-9-17(18)24-21-22-12-11-19(25-21)23-16-8-6-7-15(13-16)20(26)27-3/h4-14H,1-3H3,(H2,22,23,24,25). The minimum Gasteiger partial charge on any atom is -0.489 e. The lowest BCUT2D eigenvalue weighted by atomic mass is 10.2. The van der Waals surface area contributed by atoms with Gasteiger partial charge in [-0.05, 0) is 50.2 Å². The highest BCUT2D eigenvalue weighted by molar-refractivity contribution is 5.90. The van der Waals surface area contributed by atoms with Crippen molar-refractivity contribution in [1.29, 1.82) is 0 Å². The van der Waals surface area contributed by atoms with Gasteiger partial charge in [-0.3, -0.25) is 0 Å². The Labute approximate surface area is 163 Å². The normalized spacial score (nSPS) is 10.4. The molecule has 144 valence electrons. The summed E-state index contributed by atoms with van der Waals surface area (Å²) in [6, 6.07) is 16.4. The summed E-state index contributed by atoms with van der Waals surface area (Å²) < 4.78 is 10.6. The maximum absolute atomic E-state index is 11.7. The van der Waals surface area contributed by atoms with Crippen LogP contribution in [0, 0.1) is 0 Å². The largest absolute Gasteiger partial charge is 0.489 e. The molecule has 0 atom stereocenters. The zero-order valence-corrected chi connectivity index (χ0v) is 16.0. The second-order valence-electron chi connectivity index (χ2n) is 6.25. The molecule has 0 spiro atoms. The molecule has 0 aliphatic heterocycles. The van der Waals surface area contributed by atoms with E-state index < -0.39 is 5.97 Å². The highest BCUT2D eigenvalue weighted by Crippen LogP contribution is 2.27. The second-order valence-corrected chi connectivity index (χ2v) is 6.25. The van der Waals surface area contributed by atoms with Crippen molar-refractivity contribution < 1.29 is 14.3 Å². The summed E-state index contributed by atoms with van der Waals surface area (Å²) in [5, 5.41) is 6.35. The molecule has 0 saturated carbocycles. The van der Waals surface area contributed by atoms with Gasteiger partial charge in [0.25, 0.3) is 0 Å². The van der Waals surface area contributed by atoms with Crippen LogP contribution in [0.1, 0.15) is 24.2 Å². The first-order valence-electron chi connectivity index (χ1n) is 8.86. The van der Waals surface area contributed by atoms with Gasteiger partial charge in [-0.1, -0.05) is 18.2 Å². The van der Waals surface area contributed by atoms with Crippen LogP contribution in [0.5, 0.6) is 5.75 Å². The molecule has 7 nitrogen and oxygen atoms in total. The molecule has 0 radical (unpaired) electrons. The lowest BCUT2D eigenvalue weighted by Crippen LogP contribution is -2.08. The van der Waals surface area contributed by atoms with Crippen LogP contribution in [-0.2, 0) is 4.74 Å². The first kappa shape index (κ1) is 19.2. The third-order valence-corrected chi connectivity index (χ3v) is 3.71. The molecular formula is C21H22N4O3. The van der Waals surface area contributed by atoms with Crippen molar-refractivity contribution in [3.63, 3.8) is 0 Å². The van der Waals surface area contributed by atoms with Crippen LogP contribution < -0.4 is 15.4 Å². The smallest absolute Gasteiger partial charge is 0.337 e. The summed E-state index contributed by atoms with van der Waals surface area (Å²) in [7, 11) is 1.35. The van der Waals surface area contributed by atoms with E-state index in [2.05, 4.69) is 20.6 Å². The second kappa shape index (κ2) is 8.85. The maximum Gasteiger partial charge on any atom is 0.337 e. The van der Waals surface area contributed by atoms with Crippen molar-refractivity contribution in [3.05, 3.63) is 66.4 Å². The minimum absolute atomic E-state index is 0.0546. The Morgan fingerprint density at radius 3 is 2.64 bits per heavy atom. The molecular weight excluding hydrogens is 356 g/mol. The number of hydrogen-bond acceptors (Lipinski definition) is 7. The fraction of sp³-hybridized carbons (Fsp3) is 0.190. The Hall–Kier alpha value is -3.61. The number of carbonyl (C=O) groups excluding carboxylic acids is 1. The molecule has 2 N–H and O–H groups in total. The first-order valence-corrected chi connectivity index (χ1v) is 8.86. The lowest BCUT2D eigenvalue weighted by Gasteiger charge is -2.15. The highest BCUT2D eigenvalue weighted by atomic mass is 16.5. The number of benzene rings is 2. The number of ether oxygens (including phenoxy) is 2. The van der Waals surface area contributed by atoms with Crippen LogP contribution in [0.2, 0.25) is 0 Å². The zero-order valence-electron chi connectivity index (χ0n) is 16.0. The predicted octanol–water partition coefficient (Wildman–Crippen LogP) is 4.54. The SMILES string of the molecule is COC(=O)c1cccc(Nc2ccnc(Nc3ccccc3OC(C)C)n2)c1. The molecule has 0 amide bonds. The minimum atomic E-state index is -0.393. The highest BCUT2D eigenvalue weighted by Gasteiger charge is 2.09. The summed E-state index contributed by atoms with van der Waals surface area (Å²) in [6.07, 6.45) is 1.70. The number of para-hydroxylation sites is 2. The number of carbonyl (C=O) groups is 1. The Balaban J connectivity index is 1.78. The summed E-state index contributed by atoms with van der Waals surface area (Å²) in [4.78, 5) is 20.4. The van der Waals surface area contributed by atoms with Crippen LogP contribution in [0.25, 0.3) is 0 Å². The number of rotatable bonds is 7. The van der Waals surface area contributed by atoms with Crippen molar-refractivity contribution in [2.75, 3.05) is 17.7 Å². The molecule has 2 aromatic carbocycles. The molecule has 0 aliphatic carbocycles. The molecule has 7 heteroatoms. The fourth-order valence-electron chi connectivity index (χ4n) is 2.53. The van der Waals surface area contributed by atoms with E-state index in [4.69, 9.17) is 9.47 Å². The number of esters is 1.